The summed E-state index contributed by atoms with van der Waals surface area (Å²) in [6.45, 7) is 4.25. The van der Waals surface area contributed by atoms with E-state index in [0.29, 0.717) is 0 Å². The third-order valence-corrected chi connectivity index (χ3v) is 3.38. The van der Waals surface area contributed by atoms with Crippen molar-refractivity contribution in [3.63, 3.8) is 0 Å². The van der Waals surface area contributed by atoms with Crippen molar-refractivity contribution in [1.29, 1.82) is 0 Å². The molecule has 17 heavy (non-hydrogen) atoms. The number of hydrogen-bond donors (Lipinski definition) is 1. The SMILES string of the molecule is CCCNCCc1nc2cc(Br)ccc2n1C. The lowest BCUT2D eigenvalue weighted by atomic mass is 10.3. The summed E-state index contributed by atoms with van der Waals surface area (Å²) in [6.07, 6.45) is 2.15. The van der Waals surface area contributed by atoms with E-state index in [4.69, 9.17) is 0 Å². The van der Waals surface area contributed by atoms with Crippen LogP contribution in [0.15, 0.2) is 22.7 Å². The summed E-state index contributed by atoms with van der Waals surface area (Å²) in [5.41, 5.74) is 2.26. The van der Waals surface area contributed by atoms with Gasteiger partial charge in [-0.1, -0.05) is 22.9 Å². The molecule has 1 heterocycles. The monoisotopic (exact) mass is 295 g/mol. The summed E-state index contributed by atoms with van der Waals surface area (Å²) in [7, 11) is 2.08. The Labute approximate surface area is 110 Å². The number of halogens is 1. The molecule has 0 aliphatic heterocycles. The average Bonchev–Trinajstić information content (AvgIpc) is 2.61. The van der Waals surface area contributed by atoms with Gasteiger partial charge >= 0.3 is 0 Å². The van der Waals surface area contributed by atoms with Gasteiger partial charge in [0.15, 0.2) is 0 Å². The molecule has 1 N–H and O–H groups in total. The Hall–Kier alpha value is -0.870. The van der Waals surface area contributed by atoms with Crippen molar-refractivity contribution >= 4 is 27.0 Å². The minimum Gasteiger partial charge on any atom is -0.331 e. The van der Waals surface area contributed by atoms with E-state index in [9.17, 15) is 0 Å². The lowest BCUT2D eigenvalue weighted by Gasteiger charge is -2.03. The molecular formula is C13H18BrN3. The second-order valence-electron chi connectivity index (χ2n) is 4.22. The maximum atomic E-state index is 4.66. The normalized spacial score (nSPS) is 11.2. The molecule has 0 bridgehead atoms. The standard InChI is InChI=1S/C13H18BrN3/c1-3-7-15-8-6-13-16-11-9-10(14)4-5-12(11)17(13)2/h4-5,9,15H,3,6-8H2,1-2H3. The number of rotatable bonds is 5. The van der Waals surface area contributed by atoms with Gasteiger partial charge in [-0.15, -0.1) is 0 Å². The average molecular weight is 296 g/mol. The van der Waals surface area contributed by atoms with Crippen LogP contribution in [0.5, 0.6) is 0 Å². The van der Waals surface area contributed by atoms with Gasteiger partial charge in [0.05, 0.1) is 11.0 Å². The summed E-state index contributed by atoms with van der Waals surface area (Å²) in [4.78, 5) is 4.66. The molecule has 3 nitrogen and oxygen atoms in total. The summed E-state index contributed by atoms with van der Waals surface area (Å²) >= 11 is 3.48. The highest BCUT2D eigenvalue weighted by atomic mass is 79.9. The van der Waals surface area contributed by atoms with E-state index in [0.717, 1.165) is 35.3 Å². The van der Waals surface area contributed by atoms with Crippen LogP contribution in [0.4, 0.5) is 0 Å². The number of nitrogens with one attached hydrogen (secondary N) is 1. The van der Waals surface area contributed by atoms with Gasteiger partial charge in [0, 0.05) is 24.5 Å². The molecule has 0 saturated heterocycles. The Morgan fingerprint density at radius 3 is 2.94 bits per heavy atom. The maximum Gasteiger partial charge on any atom is 0.110 e. The maximum absolute atomic E-state index is 4.66. The van der Waals surface area contributed by atoms with E-state index < -0.39 is 0 Å². The van der Waals surface area contributed by atoms with Gasteiger partial charge < -0.3 is 9.88 Å². The van der Waals surface area contributed by atoms with Crippen molar-refractivity contribution in [3.05, 3.63) is 28.5 Å². The van der Waals surface area contributed by atoms with Gasteiger partial charge in [-0.3, -0.25) is 0 Å². The molecule has 0 atom stereocenters. The predicted molar refractivity (Wildman–Crippen MR) is 75.3 cm³/mol. The fourth-order valence-corrected chi connectivity index (χ4v) is 2.30. The van der Waals surface area contributed by atoms with Crippen molar-refractivity contribution in [2.24, 2.45) is 7.05 Å². The third kappa shape index (κ3) is 2.87. The van der Waals surface area contributed by atoms with E-state index in [1.807, 2.05) is 0 Å². The first-order valence-electron chi connectivity index (χ1n) is 6.04. The molecule has 0 amide bonds. The molecule has 0 aliphatic carbocycles. The smallest absolute Gasteiger partial charge is 0.110 e. The fourth-order valence-electron chi connectivity index (χ4n) is 1.95. The number of aromatic nitrogens is 2. The first-order valence-corrected chi connectivity index (χ1v) is 6.83. The molecular weight excluding hydrogens is 278 g/mol. The molecule has 0 saturated carbocycles. The van der Waals surface area contributed by atoms with Gasteiger partial charge in [0.1, 0.15) is 5.82 Å². The molecule has 2 rings (SSSR count). The molecule has 4 heteroatoms. The molecule has 0 fully saturated rings. The van der Waals surface area contributed by atoms with E-state index >= 15 is 0 Å². The molecule has 1 aromatic heterocycles. The van der Waals surface area contributed by atoms with Crippen molar-refractivity contribution < 1.29 is 0 Å². The zero-order valence-electron chi connectivity index (χ0n) is 10.3. The molecule has 0 radical (unpaired) electrons. The highest BCUT2D eigenvalue weighted by Crippen LogP contribution is 2.19. The Bertz CT molecular complexity index is 505. The summed E-state index contributed by atoms with van der Waals surface area (Å²) in [5.74, 6) is 1.14. The van der Waals surface area contributed by atoms with Crippen molar-refractivity contribution in [3.8, 4) is 0 Å². The van der Waals surface area contributed by atoms with Crippen LogP contribution in [0, 0.1) is 0 Å². The Balaban J connectivity index is 2.15. The predicted octanol–water partition coefficient (Wildman–Crippen LogP) is 2.88. The first kappa shape index (κ1) is 12.6. The molecule has 92 valence electrons. The van der Waals surface area contributed by atoms with Crippen LogP contribution in [0.3, 0.4) is 0 Å². The quantitative estimate of drug-likeness (QED) is 0.860. The fraction of sp³-hybridized carbons (Fsp3) is 0.462. The van der Waals surface area contributed by atoms with Crippen LogP contribution in [0.2, 0.25) is 0 Å². The van der Waals surface area contributed by atoms with Crippen molar-refractivity contribution in [1.82, 2.24) is 14.9 Å². The number of hydrogen-bond acceptors (Lipinski definition) is 2. The Morgan fingerprint density at radius 2 is 2.18 bits per heavy atom. The number of benzene rings is 1. The topological polar surface area (TPSA) is 29.9 Å². The van der Waals surface area contributed by atoms with Gasteiger partial charge in [-0.05, 0) is 31.2 Å². The summed E-state index contributed by atoms with van der Waals surface area (Å²) < 4.78 is 3.26. The van der Waals surface area contributed by atoms with E-state index in [1.165, 1.54) is 11.9 Å². The molecule has 0 unspecified atom stereocenters. The largest absolute Gasteiger partial charge is 0.331 e. The van der Waals surface area contributed by atoms with E-state index in [1.54, 1.807) is 0 Å². The molecule has 0 spiro atoms. The summed E-state index contributed by atoms with van der Waals surface area (Å²) in [6, 6.07) is 6.23. The molecule has 1 aromatic carbocycles. The second kappa shape index (κ2) is 5.65. The lowest BCUT2D eigenvalue weighted by Crippen LogP contribution is -2.19. The lowest BCUT2D eigenvalue weighted by molar-refractivity contribution is 0.648. The number of aryl methyl sites for hydroxylation is 1. The zero-order chi connectivity index (χ0) is 12.3. The van der Waals surface area contributed by atoms with Crippen LogP contribution in [-0.2, 0) is 13.5 Å². The van der Waals surface area contributed by atoms with Crippen LogP contribution in [0.25, 0.3) is 11.0 Å². The highest BCUT2D eigenvalue weighted by Gasteiger charge is 2.07. The highest BCUT2D eigenvalue weighted by molar-refractivity contribution is 9.10. The zero-order valence-corrected chi connectivity index (χ0v) is 11.9. The molecule has 2 aromatic rings. The summed E-state index contributed by atoms with van der Waals surface area (Å²) in [5, 5.41) is 3.40. The van der Waals surface area contributed by atoms with Crippen molar-refractivity contribution in [2.75, 3.05) is 13.1 Å². The Kier molecular flexibility index (Phi) is 4.18. The van der Waals surface area contributed by atoms with Crippen LogP contribution in [-0.4, -0.2) is 22.6 Å². The minimum absolute atomic E-state index is 0.975. The molecule has 0 aliphatic rings. The number of imidazole rings is 1. The van der Waals surface area contributed by atoms with Crippen LogP contribution >= 0.6 is 15.9 Å². The van der Waals surface area contributed by atoms with Crippen LogP contribution in [0.1, 0.15) is 19.2 Å². The Morgan fingerprint density at radius 1 is 1.35 bits per heavy atom. The van der Waals surface area contributed by atoms with Gasteiger partial charge in [0.25, 0.3) is 0 Å². The van der Waals surface area contributed by atoms with Crippen LogP contribution < -0.4 is 5.32 Å². The van der Waals surface area contributed by atoms with Gasteiger partial charge in [-0.25, -0.2) is 4.98 Å². The van der Waals surface area contributed by atoms with E-state index in [-0.39, 0.29) is 0 Å². The first-order chi connectivity index (χ1) is 8.22. The van der Waals surface area contributed by atoms with E-state index in [2.05, 4.69) is 63.0 Å². The minimum atomic E-state index is 0.975. The number of nitrogens with zero attached hydrogens (tertiary/aromatic N) is 2. The number of fused-ring (bicyclic) bond motifs is 1. The van der Waals surface area contributed by atoms with Gasteiger partial charge in [0.2, 0.25) is 0 Å². The van der Waals surface area contributed by atoms with Crippen molar-refractivity contribution in [2.45, 2.75) is 19.8 Å². The van der Waals surface area contributed by atoms with Gasteiger partial charge in [-0.2, -0.15) is 0 Å². The third-order valence-electron chi connectivity index (χ3n) is 2.89. The second-order valence-corrected chi connectivity index (χ2v) is 5.14.